The fourth-order valence-electron chi connectivity index (χ4n) is 1.94. The van der Waals surface area contributed by atoms with Gasteiger partial charge in [0.2, 0.25) is 0 Å². The molecule has 0 radical (unpaired) electrons. The second-order valence-corrected chi connectivity index (χ2v) is 6.02. The van der Waals surface area contributed by atoms with Gasteiger partial charge in [0, 0.05) is 35.4 Å². The maximum absolute atomic E-state index is 11.8. The molecule has 0 aliphatic rings. The molecule has 0 saturated heterocycles. The number of hydrogen-bond acceptors (Lipinski definition) is 5. The summed E-state index contributed by atoms with van der Waals surface area (Å²) in [6.45, 7) is 0.537. The van der Waals surface area contributed by atoms with Crippen LogP contribution in [0.2, 0.25) is 0 Å². The van der Waals surface area contributed by atoms with E-state index in [2.05, 4.69) is 5.32 Å². The topological polar surface area (TPSA) is 56.8 Å². The van der Waals surface area contributed by atoms with Gasteiger partial charge < -0.3 is 19.5 Å². The van der Waals surface area contributed by atoms with Crippen LogP contribution in [0.5, 0.6) is 17.2 Å². The van der Waals surface area contributed by atoms with Crippen molar-refractivity contribution in [1.82, 2.24) is 5.32 Å². The van der Waals surface area contributed by atoms with Gasteiger partial charge in [-0.2, -0.15) is 0 Å². The van der Waals surface area contributed by atoms with E-state index in [9.17, 15) is 4.79 Å². The van der Waals surface area contributed by atoms with Crippen LogP contribution in [0.15, 0.2) is 53.4 Å². The minimum Gasteiger partial charge on any atom is -0.496 e. The van der Waals surface area contributed by atoms with Crippen LogP contribution < -0.4 is 19.5 Å². The third-order valence-corrected chi connectivity index (χ3v) is 4.14. The third kappa shape index (κ3) is 6.04. The first-order chi connectivity index (χ1) is 11.7. The van der Waals surface area contributed by atoms with E-state index in [0.717, 1.165) is 5.75 Å². The van der Waals surface area contributed by atoms with Gasteiger partial charge in [-0.3, -0.25) is 4.79 Å². The summed E-state index contributed by atoms with van der Waals surface area (Å²) >= 11 is 1.70. The van der Waals surface area contributed by atoms with Crippen molar-refractivity contribution in [1.29, 1.82) is 0 Å². The molecule has 2 aromatic rings. The Kier molecular flexibility index (Phi) is 7.29. The molecule has 6 heteroatoms. The molecule has 128 valence electrons. The highest BCUT2D eigenvalue weighted by molar-refractivity contribution is 7.99. The standard InChI is InChI=1S/C18H21NO4S/c1-21-14-10-15(22-2)12-16(11-14)23-13-18(20)19-8-9-24-17-6-4-3-5-7-17/h3-7,10-12H,8-9,13H2,1-2H3,(H,19,20). The van der Waals surface area contributed by atoms with E-state index in [0.29, 0.717) is 23.8 Å². The number of carbonyl (C=O) groups is 1. The SMILES string of the molecule is COc1cc(OC)cc(OCC(=O)NCCSc2ccccc2)c1. The number of ether oxygens (including phenoxy) is 3. The number of rotatable bonds is 9. The van der Waals surface area contributed by atoms with Crippen LogP contribution in [0.1, 0.15) is 0 Å². The van der Waals surface area contributed by atoms with Crippen molar-refractivity contribution in [2.45, 2.75) is 4.90 Å². The summed E-state index contributed by atoms with van der Waals surface area (Å²) in [5.74, 6) is 2.40. The molecular weight excluding hydrogens is 326 g/mol. The Labute approximate surface area is 146 Å². The van der Waals surface area contributed by atoms with Crippen molar-refractivity contribution in [2.24, 2.45) is 0 Å². The Balaban J connectivity index is 1.71. The number of benzene rings is 2. The second-order valence-electron chi connectivity index (χ2n) is 4.85. The van der Waals surface area contributed by atoms with Crippen molar-refractivity contribution in [3.05, 3.63) is 48.5 Å². The highest BCUT2D eigenvalue weighted by Gasteiger charge is 2.06. The molecule has 0 fully saturated rings. The fourth-order valence-corrected chi connectivity index (χ4v) is 2.73. The predicted molar refractivity (Wildman–Crippen MR) is 95.2 cm³/mol. The highest BCUT2D eigenvalue weighted by atomic mass is 32.2. The van der Waals surface area contributed by atoms with Gasteiger partial charge in [-0.1, -0.05) is 18.2 Å². The van der Waals surface area contributed by atoms with Crippen LogP contribution in [0.3, 0.4) is 0 Å². The lowest BCUT2D eigenvalue weighted by Gasteiger charge is -2.10. The van der Waals surface area contributed by atoms with Crippen LogP contribution >= 0.6 is 11.8 Å². The maximum atomic E-state index is 11.8. The molecule has 0 atom stereocenters. The molecule has 0 unspecified atom stereocenters. The smallest absolute Gasteiger partial charge is 0.257 e. The first kappa shape index (κ1) is 18.0. The Morgan fingerprint density at radius 1 is 1.00 bits per heavy atom. The van der Waals surface area contributed by atoms with E-state index in [1.807, 2.05) is 30.3 Å². The van der Waals surface area contributed by atoms with E-state index >= 15 is 0 Å². The molecule has 0 bridgehead atoms. The summed E-state index contributed by atoms with van der Waals surface area (Å²) in [4.78, 5) is 13.0. The molecule has 0 aliphatic carbocycles. The molecule has 2 aromatic carbocycles. The monoisotopic (exact) mass is 347 g/mol. The number of hydrogen-bond donors (Lipinski definition) is 1. The highest BCUT2D eigenvalue weighted by Crippen LogP contribution is 2.27. The number of amides is 1. The Hall–Kier alpha value is -2.34. The van der Waals surface area contributed by atoms with Gasteiger partial charge >= 0.3 is 0 Å². The maximum Gasteiger partial charge on any atom is 0.257 e. The van der Waals surface area contributed by atoms with Crippen LogP contribution in [0, 0.1) is 0 Å². The Morgan fingerprint density at radius 2 is 1.62 bits per heavy atom. The molecule has 24 heavy (non-hydrogen) atoms. The van der Waals surface area contributed by atoms with Gasteiger partial charge in [-0.25, -0.2) is 0 Å². The van der Waals surface area contributed by atoms with E-state index in [4.69, 9.17) is 14.2 Å². The molecule has 1 N–H and O–H groups in total. The lowest BCUT2D eigenvalue weighted by atomic mass is 10.3. The molecule has 2 rings (SSSR count). The zero-order valence-electron chi connectivity index (χ0n) is 13.8. The Bertz CT molecular complexity index is 626. The van der Waals surface area contributed by atoms with Crippen LogP contribution in [-0.2, 0) is 4.79 Å². The minimum atomic E-state index is -0.162. The molecule has 0 heterocycles. The van der Waals surface area contributed by atoms with Gasteiger partial charge in [0.1, 0.15) is 17.2 Å². The van der Waals surface area contributed by atoms with Crippen molar-refractivity contribution in [2.75, 3.05) is 33.1 Å². The summed E-state index contributed by atoms with van der Waals surface area (Å²) in [7, 11) is 3.13. The normalized spacial score (nSPS) is 10.1. The lowest BCUT2D eigenvalue weighted by molar-refractivity contribution is -0.122. The predicted octanol–water partition coefficient (Wildman–Crippen LogP) is 2.99. The van der Waals surface area contributed by atoms with Gasteiger partial charge in [-0.05, 0) is 12.1 Å². The third-order valence-electron chi connectivity index (χ3n) is 3.13. The van der Waals surface area contributed by atoms with E-state index in [1.165, 1.54) is 4.90 Å². The minimum absolute atomic E-state index is 0.0493. The lowest BCUT2D eigenvalue weighted by Crippen LogP contribution is -2.30. The average molecular weight is 347 g/mol. The van der Waals surface area contributed by atoms with Crippen molar-refractivity contribution < 1.29 is 19.0 Å². The summed E-state index contributed by atoms with van der Waals surface area (Å²) in [6.07, 6.45) is 0. The van der Waals surface area contributed by atoms with Crippen LogP contribution in [-0.4, -0.2) is 39.0 Å². The zero-order chi connectivity index (χ0) is 17.2. The first-order valence-electron chi connectivity index (χ1n) is 7.51. The van der Waals surface area contributed by atoms with Crippen molar-refractivity contribution >= 4 is 17.7 Å². The quantitative estimate of drug-likeness (QED) is 0.558. The summed E-state index contributed by atoms with van der Waals surface area (Å²) in [5, 5.41) is 2.83. The van der Waals surface area contributed by atoms with Crippen molar-refractivity contribution in [3.63, 3.8) is 0 Å². The van der Waals surface area contributed by atoms with Crippen molar-refractivity contribution in [3.8, 4) is 17.2 Å². The van der Waals surface area contributed by atoms with Gasteiger partial charge in [0.15, 0.2) is 6.61 Å². The van der Waals surface area contributed by atoms with Crippen LogP contribution in [0.25, 0.3) is 0 Å². The molecule has 5 nitrogen and oxygen atoms in total. The van der Waals surface area contributed by atoms with E-state index < -0.39 is 0 Å². The number of nitrogens with one attached hydrogen (secondary N) is 1. The Morgan fingerprint density at radius 3 is 2.25 bits per heavy atom. The van der Waals surface area contributed by atoms with E-state index in [-0.39, 0.29) is 12.5 Å². The molecule has 0 aromatic heterocycles. The summed E-state index contributed by atoms with van der Waals surface area (Å²) in [6, 6.07) is 15.2. The number of thioether (sulfide) groups is 1. The number of carbonyl (C=O) groups excluding carboxylic acids is 1. The molecule has 0 aliphatic heterocycles. The largest absolute Gasteiger partial charge is 0.496 e. The molecule has 0 saturated carbocycles. The number of methoxy groups -OCH3 is 2. The summed E-state index contributed by atoms with van der Waals surface area (Å²) < 4.78 is 15.8. The van der Waals surface area contributed by atoms with Gasteiger partial charge in [-0.15, -0.1) is 11.8 Å². The van der Waals surface area contributed by atoms with Gasteiger partial charge in [0.05, 0.1) is 14.2 Å². The zero-order valence-corrected chi connectivity index (χ0v) is 14.6. The average Bonchev–Trinajstić information content (AvgIpc) is 2.64. The van der Waals surface area contributed by atoms with Gasteiger partial charge in [0.25, 0.3) is 5.91 Å². The fraction of sp³-hybridized carbons (Fsp3) is 0.278. The van der Waals surface area contributed by atoms with Crippen LogP contribution in [0.4, 0.5) is 0 Å². The molecule has 1 amide bonds. The van der Waals surface area contributed by atoms with E-state index in [1.54, 1.807) is 44.2 Å². The summed E-state index contributed by atoms with van der Waals surface area (Å²) in [5.41, 5.74) is 0. The first-order valence-corrected chi connectivity index (χ1v) is 8.50. The molecular formula is C18H21NO4S. The molecule has 0 spiro atoms. The second kappa shape index (κ2) is 9.72.